The van der Waals surface area contributed by atoms with Crippen LogP contribution in [0.1, 0.15) is 6.42 Å². The lowest BCUT2D eigenvalue weighted by Gasteiger charge is -2.32. The molecule has 1 fully saturated rings. The summed E-state index contributed by atoms with van der Waals surface area (Å²) in [6, 6.07) is 3.24. The van der Waals surface area contributed by atoms with E-state index in [-0.39, 0.29) is 5.56 Å². The van der Waals surface area contributed by atoms with Crippen LogP contribution in [0.2, 0.25) is 0 Å². The molecule has 1 aromatic rings. The number of likely N-dealkylation sites (N-methyl/N-ethyl adjacent to an activating group) is 1. The molecule has 1 aromatic heterocycles. The molecule has 0 N–H and O–H groups in total. The number of aromatic nitrogens is 2. The number of piperazine rings is 1. The van der Waals surface area contributed by atoms with Gasteiger partial charge >= 0.3 is 0 Å². The van der Waals surface area contributed by atoms with Crippen molar-refractivity contribution in [2.75, 3.05) is 39.8 Å². The molecule has 1 aliphatic heterocycles. The molecule has 0 amide bonds. The Bertz CT molecular complexity index is 395. The molecular weight excluding hydrogens is 216 g/mol. The molecule has 0 saturated carbocycles. The lowest BCUT2D eigenvalue weighted by Crippen LogP contribution is -2.44. The van der Waals surface area contributed by atoms with E-state index >= 15 is 0 Å². The highest BCUT2D eigenvalue weighted by Crippen LogP contribution is 2.00. The van der Waals surface area contributed by atoms with Gasteiger partial charge in [0.15, 0.2) is 0 Å². The van der Waals surface area contributed by atoms with Gasteiger partial charge in [-0.1, -0.05) is 0 Å². The van der Waals surface area contributed by atoms with Crippen LogP contribution in [0.15, 0.2) is 23.1 Å². The first-order chi connectivity index (χ1) is 8.25. The van der Waals surface area contributed by atoms with Gasteiger partial charge < -0.3 is 9.80 Å². The van der Waals surface area contributed by atoms with Crippen LogP contribution in [0.25, 0.3) is 0 Å². The van der Waals surface area contributed by atoms with Crippen molar-refractivity contribution < 1.29 is 0 Å². The highest BCUT2D eigenvalue weighted by Gasteiger charge is 2.12. The molecule has 0 aromatic carbocycles. The zero-order valence-corrected chi connectivity index (χ0v) is 10.4. The fraction of sp³-hybridized carbons (Fsp3) is 0.667. The molecule has 2 rings (SSSR count). The second-order valence-corrected chi connectivity index (χ2v) is 4.58. The van der Waals surface area contributed by atoms with Crippen LogP contribution in [0.5, 0.6) is 0 Å². The average Bonchev–Trinajstić information content (AvgIpc) is 2.34. The van der Waals surface area contributed by atoms with Gasteiger partial charge in [0.25, 0.3) is 5.56 Å². The molecule has 94 valence electrons. The quantitative estimate of drug-likeness (QED) is 0.731. The minimum atomic E-state index is -0.00845. The molecule has 2 heterocycles. The zero-order valence-electron chi connectivity index (χ0n) is 10.4. The lowest BCUT2D eigenvalue weighted by atomic mass is 10.3. The summed E-state index contributed by atoms with van der Waals surface area (Å²) in [5.74, 6) is 0. The van der Waals surface area contributed by atoms with Crippen LogP contribution >= 0.6 is 0 Å². The Kier molecular flexibility index (Phi) is 4.28. The van der Waals surface area contributed by atoms with Gasteiger partial charge in [0.1, 0.15) is 0 Å². The number of hydrogen-bond donors (Lipinski definition) is 0. The van der Waals surface area contributed by atoms with Gasteiger partial charge in [0, 0.05) is 51.5 Å². The molecule has 0 unspecified atom stereocenters. The van der Waals surface area contributed by atoms with E-state index in [1.807, 2.05) is 0 Å². The minimum absolute atomic E-state index is 0.00845. The van der Waals surface area contributed by atoms with Crippen molar-refractivity contribution in [3.8, 4) is 0 Å². The molecule has 0 radical (unpaired) electrons. The summed E-state index contributed by atoms with van der Waals surface area (Å²) in [6.07, 6.45) is 2.65. The molecule has 5 heteroatoms. The molecule has 17 heavy (non-hydrogen) atoms. The van der Waals surface area contributed by atoms with Crippen LogP contribution in [-0.2, 0) is 6.54 Å². The predicted molar refractivity (Wildman–Crippen MR) is 67.1 cm³/mol. The van der Waals surface area contributed by atoms with Gasteiger partial charge in [-0.2, -0.15) is 5.10 Å². The van der Waals surface area contributed by atoms with Crippen molar-refractivity contribution in [1.29, 1.82) is 0 Å². The second-order valence-electron chi connectivity index (χ2n) is 4.58. The molecule has 1 saturated heterocycles. The maximum Gasteiger partial charge on any atom is 0.266 e. The minimum Gasteiger partial charge on any atom is -0.304 e. The summed E-state index contributed by atoms with van der Waals surface area (Å²) in [5.41, 5.74) is -0.00845. The van der Waals surface area contributed by atoms with Crippen LogP contribution in [0, 0.1) is 0 Å². The van der Waals surface area contributed by atoms with Crippen molar-refractivity contribution in [2.24, 2.45) is 0 Å². The van der Waals surface area contributed by atoms with Gasteiger partial charge in [-0.3, -0.25) is 4.79 Å². The van der Waals surface area contributed by atoms with E-state index < -0.39 is 0 Å². The van der Waals surface area contributed by atoms with Gasteiger partial charge in [0.2, 0.25) is 0 Å². The van der Waals surface area contributed by atoms with Crippen LogP contribution in [-0.4, -0.2) is 59.4 Å². The molecule has 0 spiro atoms. The highest BCUT2D eigenvalue weighted by molar-refractivity contribution is 4.84. The molecule has 0 atom stereocenters. The Hall–Kier alpha value is -1.20. The van der Waals surface area contributed by atoms with Crippen LogP contribution < -0.4 is 5.56 Å². The van der Waals surface area contributed by atoms with E-state index in [0.717, 1.165) is 39.1 Å². The Balaban J connectivity index is 1.73. The third-order valence-corrected chi connectivity index (χ3v) is 3.23. The summed E-state index contributed by atoms with van der Waals surface area (Å²) >= 11 is 0. The first-order valence-electron chi connectivity index (χ1n) is 6.19. The summed E-state index contributed by atoms with van der Waals surface area (Å²) in [4.78, 5) is 16.2. The number of hydrogen-bond acceptors (Lipinski definition) is 4. The Labute approximate surface area is 102 Å². The molecule has 5 nitrogen and oxygen atoms in total. The largest absolute Gasteiger partial charge is 0.304 e. The van der Waals surface area contributed by atoms with Crippen molar-refractivity contribution >= 4 is 0 Å². The number of nitrogens with zero attached hydrogens (tertiary/aromatic N) is 4. The predicted octanol–water partition coefficient (Wildman–Crippen LogP) is -0.119. The number of rotatable bonds is 4. The standard InChI is InChI=1S/C12H20N4O/c1-14-8-10-15(11-9-14)6-3-7-16-12(17)4-2-5-13-16/h2,4-5H,3,6-11H2,1H3. The van der Waals surface area contributed by atoms with Crippen LogP contribution in [0.3, 0.4) is 0 Å². The van der Waals surface area contributed by atoms with Gasteiger partial charge in [-0.05, 0) is 19.5 Å². The fourth-order valence-corrected chi connectivity index (χ4v) is 2.07. The third-order valence-electron chi connectivity index (χ3n) is 3.23. The smallest absolute Gasteiger partial charge is 0.266 e. The molecule has 0 bridgehead atoms. The monoisotopic (exact) mass is 236 g/mol. The summed E-state index contributed by atoms with van der Waals surface area (Å²) in [5, 5.41) is 4.05. The topological polar surface area (TPSA) is 41.4 Å². The van der Waals surface area contributed by atoms with Gasteiger partial charge in [-0.25, -0.2) is 4.68 Å². The van der Waals surface area contributed by atoms with E-state index in [4.69, 9.17) is 0 Å². The van der Waals surface area contributed by atoms with Crippen LogP contribution in [0.4, 0.5) is 0 Å². The van der Waals surface area contributed by atoms with E-state index in [1.54, 1.807) is 18.3 Å². The third kappa shape index (κ3) is 3.64. The normalized spacial score (nSPS) is 18.4. The van der Waals surface area contributed by atoms with Crippen molar-refractivity contribution in [3.63, 3.8) is 0 Å². The Morgan fingerprint density at radius 2 is 2.00 bits per heavy atom. The Morgan fingerprint density at radius 1 is 1.24 bits per heavy atom. The van der Waals surface area contributed by atoms with Crippen molar-refractivity contribution in [2.45, 2.75) is 13.0 Å². The molecular formula is C12H20N4O. The molecule has 1 aliphatic rings. The zero-order chi connectivity index (χ0) is 12.1. The lowest BCUT2D eigenvalue weighted by molar-refractivity contribution is 0.150. The summed E-state index contributed by atoms with van der Waals surface area (Å²) in [6.45, 7) is 6.32. The number of aryl methyl sites for hydroxylation is 1. The van der Waals surface area contributed by atoms with E-state index in [9.17, 15) is 4.79 Å². The van der Waals surface area contributed by atoms with E-state index in [1.165, 1.54) is 4.68 Å². The van der Waals surface area contributed by atoms with Gasteiger partial charge in [-0.15, -0.1) is 0 Å². The fourth-order valence-electron chi connectivity index (χ4n) is 2.07. The van der Waals surface area contributed by atoms with Crippen molar-refractivity contribution in [1.82, 2.24) is 19.6 Å². The Morgan fingerprint density at radius 3 is 2.71 bits per heavy atom. The second kappa shape index (κ2) is 5.93. The first-order valence-corrected chi connectivity index (χ1v) is 6.19. The summed E-state index contributed by atoms with van der Waals surface area (Å²) < 4.78 is 1.54. The average molecular weight is 236 g/mol. The van der Waals surface area contributed by atoms with E-state index in [2.05, 4.69) is 21.9 Å². The maximum atomic E-state index is 11.4. The van der Waals surface area contributed by atoms with Crippen molar-refractivity contribution in [3.05, 3.63) is 28.7 Å². The summed E-state index contributed by atoms with van der Waals surface area (Å²) in [7, 11) is 2.16. The highest BCUT2D eigenvalue weighted by atomic mass is 16.1. The maximum absolute atomic E-state index is 11.4. The first kappa shape index (κ1) is 12.3. The molecule has 0 aliphatic carbocycles. The van der Waals surface area contributed by atoms with Gasteiger partial charge in [0.05, 0.1) is 0 Å². The van der Waals surface area contributed by atoms with E-state index in [0.29, 0.717) is 6.54 Å². The SMILES string of the molecule is CN1CCN(CCCn2ncccc2=O)CC1.